The van der Waals surface area contributed by atoms with Gasteiger partial charge in [0.15, 0.2) is 0 Å². The minimum absolute atomic E-state index is 0.108. The molecule has 3 rings (SSSR count). The van der Waals surface area contributed by atoms with Crippen molar-refractivity contribution in [1.29, 1.82) is 0 Å². The summed E-state index contributed by atoms with van der Waals surface area (Å²) < 4.78 is 91.9. The van der Waals surface area contributed by atoms with E-state index in [9.17, 15) is 34.8 Å². The fraction of sp³-hybridized carbons (Fsp3) is 0.190. The van der Waals surface area contributed by atoms with Gasteiger partial charge in [-0.15, -0.1) is 0 Å². The van der Waals surface area contributed by atoms with E-state index >= 15 is 0 Å². The summed E-state index contributed by atoms with van der Waals surface area (Å²) in [5.41, 5.74) is -1.03. The predicted octanol–water partition coefficient (Wildman–Crippen LogP) is 3.66. The van der Waals surface area contributed by atoms with Crippen LogP contribution in [0.25, 0.3) is 0 Å². The lowest BCUT2D eigenvalue weighted by molar-refractivity contribution is -0.137. The molecular formula is C21H19ClF3N5O5S2. The SMILES string of the molecule is Cc1ccnc(NS(=O)(=O)c2ccc(NC(=O)CN(c3ccc(Cl)c(C(F)(F)F)c3)S(C)(=O)=O)cc2)n1. The highest BCUT2D eigenvalue weighted by Gasteiger charge is 2.34. The topological polar surface area (TPSA) is 138 Å². The van der Waals surface area contributed by atoms with Crippen LogP contribution in [0.15, 0.2) is 59.6 Å². The monoisotopic (exact) mass is 577 g/mol. The van der Waals surface area contributed by atoms with Crippen LogP contribution in [0, 0.1) is 6.92 Å². The molecule has 1 amide bonds. The summed E-state index contributed by atoms with van der Waals surface area (Å²) in [6, 6.07) is 8.88. The fourth-order valence-electron chi connectivity index (χ4n) is 3.01. The first-order chi connectivity index (χ1) is 17.1. The first kappa shape index (κ1) is 28.1. The van der Waals surface area contributed by atoms with E-state index in [1.54, 1.807) is 13.0 Å². The Balaban J connectivity index is 1.76. The van der Waals surface area contributed by atoms with Gasteiger partial charge in [0.25, 0.3) is 10.0 Å². The third-order valence-corrected chi connectivity index (χ3v) is 7.51. The number of rotatable bonds is 8. The molecule has 0 radical (unpaired) electrons. The number of aromatic nitrogens is 2. The van der Waals surface area contributed by atoms with Crippen LogP contribution in [0.4, 0.5) is 30.5 Å². The largest absolute Gasteiger partial charge is 0.417 e. The summed E-state index contributed by atoms with van der Waals surface area (Å²) in [5.74, 6) is -1.02. The zero-order valence-corrected chi connectivity index (χ0v) is 21.5. The van der Waals surface area contributed by atoms with E-state index in [0.29, 0.717) is 16.1 Å². The van der Waals surface area contributed by atoms with Gasteiger partial charge in [-0.2, -0.15) is 13.2 Å². The number of aryl methyl sites for hydroxylation is 1. The van der Waals surface area contributed by atoms with Crippen molar-refractivity contribution in [2.24, 2.45) is 0 Å². The number of sulfonamides is 2. The maximum atomic E-state index is 13.2. The second kappa shape index (κ2) is 10.5. The Morgan fingerprint density at radius 2 is 1.70 bits per heavy atom. The number of anilines is 3. The highest BCUT2D eigenvalue weighted by Crippen LogP contribution is 2.37. The van der Waals surface area contributed by atoms with Gasteiger partial charge in [-0.3, -0.25) is 9.10 Å². The number of carbonyl (C=O) groups excluding carboxylic acids is 1. The molecule has 37 heavy (non-hydrogen) atoms. The number of halogens is 4. The predicted molar refractivity (Wildman–Crippen MR) is 131 cm³/mol. The van der Waals surface area contributed by atoms with Crippen molar-refractivity contribution in [2.75, 3.05) is 27.1 Å². The Morgan fingerprint density at radius 3 is 2.27 bits per heavy atom. The van der Waals surface area contributed by atoms with Crippen LogP contribution in [0.3, 0.4) is 0 Å². The van der Waals surface area contributed by atoms with Crippen LogP contribution in [-0.4, -0.2) is 45.5 Å². The van der Waals surface area contributed by atoms with Crippen LogP contribution in [0.2, 0.25) is 5.02 Å². The molecule has 0 bridgehead atoms. The normalized spacial score (nSPS) is 12.2. The Labute approximate surface area is 215 Å². The van der Waals surface area contributed by atoms with Crippen molar-refractivity contribution in [2.45, 2.75) is 18.0 Å². The lowest BCUT2D eigenvalue weighted by Gasteiger charge is -2.23. The fourth-order valence-corrected chi connectivity index (χ4v) is 5.04. The zero-order chi connectivity index (χ0) is 27.6. The molecule has 0 spiro atoms. The van der Waals surface area contributed by atoms with E-state index in [1.807, 2.05) is 0 Å². The van der Waals surface area contributed by atoms with Crippen molar-refractivity contribution in [1.82, 2.24) is 9.97 Å². The highest BCUT2D eigenvalue weighted by atomic mass is 35.5. The van der Waals surface area contributed by atoms with E-state index in [-0.39, 0.29) is 16.5 Å². The van der Waals surface area contributed by atoms with Crippen LogP contribution in [0.5, 0.6) is 0 Å². The lowest BCUT2D eigenvalue weighted by atomic mass is 10.2. The van der Waals surface area contributed by atoms with Crippen LogP contribution >= 0.6 is 11.6 Å². The number of carbonyl (C=O) groups is 1. The smallest absolute Gasteiger partial charge is 0.325 e. The van der Waals surface area contributed by atoms with E-state index in [4.69, 9.17) is 11.6 Å². The molecule has 198 valence electrons. The summed E-state index contributed by atoms with van der Waals surface area (Å²) in [7, 11) is -8.22. The molecule has 0 unspecified atom stereocenters. The van der Waals surface area contributed by atoms with Gasteiger partial charge in [0, 0.05) is 17.6 Å². The Bertz CT molecular complexity index is 1530. The molecule has 2 N–H and O–H groups in total. The molecule has 0 aliphatic heterocycles. The average Bonchev–Trinajstić information content (AvgIpc) is 2.76. The van der Waals surface area contributed by atoms with Crippen LogP contribution in [-0.2, 0) is 31.0 Å². The maximum absolute atomic E-state index is 13.2. The number of nitrogens with one attached hydrogen (secondary N) is 2. The number of benzene rings is 2. The Hall–Kier alpha value is -3.43. The molecule has 0 saturated carbocycles. The van der Waals surface area contributed by atoms with Crippen molar-refractivity contribution in [3.05, 3.63) is 71.0 Å². The van der Waals surface area contributed by atoms with E-state index in [0.717, 1.165) is 18.4 Å². The van der Waals surface area contributed by atoms with Crippen molar-refractivity contribution in [3.8, 4) is 0 Å². The van der Waals surface area contributed by atoms with E-state index in [1.165, 1.54) is 30.5 Å². The molecule has 0 saturated heterocycles. The molecule has 0 fully saturated rings. The van der Waals surface area contributed by atoms with Gasteiger partial charge >= 0.3 is 6.18 Å². The lowest BCUT2D eigenvalue weighted by Crippen LogP contribution is -2.37. The van der Waals surface area contributed by atoms with Crippen molar-refractivity contribution >= 4 is 54.9 Å². The van der Waals surface area contributed by atoms with Gasteiger partial charge in [-0.25, -0.2) is 31.5 Å². The number of amides is 1. The molecule has 0 aliphatic rings. The van der Waals surface area contributed by atoms with Crippen LogP contribution < -0.4 is 14.3 Å². The summed E-state index contributed by atoms with van der Waals surface area (Å²) in [5, 5.41) is 1.74. The number of nitrogens with zero attached hydrogens (tertiary/aromatic N) is 3. The average molecular weight is 578 g/mol. The summed E-state index contributed by atoms with van der Waals surface area (Å²) in [4.78, 5) is 20.1. The third kappa shape index (κ3) is 7.30. The molecule has 0 atom stereocenters. The first-order valence-corrected chi connectivity index (χ1v) is 13.8. The van der Waals surface area contributed by atoms with Crippen molar-refractivity contribution in [3.63, 3.8) is 0 Å². The third-order valence-electron chi connectivity index (χ3n) is 4.70. The molecule has 3 aromatic rings. The van der Waals surface area contributed by atoms with Crippen LogP contribution in [0.1, 0.15) is 11.3 Å². The zero-order valence-electron chi connectivity index (χ0n) is 19.1. The van der Waals surface area contributed by atoms with Crippen molar-refractivity contribution < 1.29 is 34.8 Å². The quantitative estimate of drug-likeness (QED) is 0.416. The van der Waals surface area contributed by atoms with Gasteiger partial charge < -0.3 is 5.32 Å². The standard InChI is InChI=1S/C21H19ClF3N5O5S2/c1-13-9-10-26-20(27-13)29-37(34,35)16-6-3-14(4-7-16)28-19(31)12-30(36(2,32)33)15-5-8-18(22)17(11-15)21(23,24)25/h3-11H,12H2,1-2H3,(H,28,31)(H,26,27,29). The first-order valence-electron chi connectivity index (χ1n) is 10.1. The summed E-state index contributed by atoms with van der Waals surface area (Å²) in [6.45, 7) is 0.800. The Morgan fingerprint density at radius 1 is 1.05 bits per heavy atom. The minimum Gasteiger partial charge on any atom is -0.325 e. The second-order valence-corrected chi connectivity index (χ2v) is 11.6. The molecule has 10 nitrogen and oxygen atoms in total. The molecule has 0 aliphatic carbocycles. The maximum Gasteiger partial charge on any atom is 0.417 e. The highest BCUT2D eigenvalue weighted by molar-refractivity contribution is 7.92. The molecule has 16 heteroatoms. The molecule has 1 heterocycles. The molecule has 2 aromatic carbocycles. The minimum atomic E-state index is -4.85. The van der Waals surface area contributed by atoms with E-state index < -0.39 is 54.9 Å². The van der Waals surface area contributed by atoms with Gasteiger partial charge in [0.2, 0.25) is 21.9 Å². The number of hydrogen-bond acceptors (Lipinski definition) is 7. The molecule has 1 aromatic heterocycles. The Kier molecular flexibility index (Phi) is 8.00. The number of hydrogen-bond donors (Lipinski definition) is 2. The van der Waals surface area contributed by atoms with Gasteiger partial charge in [0.1, 0.15) is 6.54 Å². The van der Waals surface area contributed by atoms with Gasteiger partial charge in [-0.1, -0.05) is 11.6 Å². The molecular weight excluding hydrogens is 559 g/mol. The van der Waals surface area contributed by atoms with Gasteiger partial charge in [0.05, 0.1) is 27.4 Å². The second-order valence-electron chi connectivity index (χ2n) is 7.63. The number of alkyl halides is 3. The summed E-state index contributed by atoms with van der Waals surface area (Å²) in [6.07, 6.45) is -2.74. The summed E-state index contributed by atoms with van der Waals surface area (Å²) >= 11 is 5.59. The van der Waals surface area contributed by atoms with E-state index in [2.05, 4.69) is 20.0 Å². The van der Waals surface area contributed by atoms with Gasteiger partial charge in [-0.05, 0) is 55.5 Å².